The average molecular weight is 565 g/mol. The molecule has 11 heteroatoms. The van der Waals surface area contributed by atoms with E-state index in [9.17, 15) is 27.9 Å². The number of aliphatic hydroxyl groups excluding tert-OH is 1. The number of alkyl halides is 3. The third-order valence-electron chi connectivity index (χ3n) is 6.24. The van der Waals surface area contributed by atoms with Crippen LogP contribution in [-0.2, 0) is 22.3 Å². The molecule has 0 fully saturated rings. The van der Waals surface area contributed by atoms with Crippen molar-refractivity contribution in [2.45, 2.75) is 31.3 Å². The molecule has 0 saturated heterocycles. The summed E-state index contributed by atoms with van der Waals surface area (Å²) in [6.45, 7) is 0.0432. The Kier molecular flexibility index (Phi) is 9.41. The first kappa shape index (κ1) is 29.4. The molecule has 212 valence electrons. The van der Waals surface area contributed by atoms with Crippen molar-refractivity contribution in [1.82, 2.24) is 16.1 Å². The van der Waals surface area contributed by atoms with E-state index in [-0.39, 0.29) is 25.4 Å². The molecule has 41 heavy (non-hydrogen) atoms. The minimum Gasteiger partial charge on any atom is -0.390 e. The first-order chi connectivity index (χ1) is 19.6. The molecule has 8 nitrogen and oxygen atoms in total. The van der Waals surface area contributed by atoms with Gasteiger partial charge in [-0.25, -0.2) is 5.48 Å². The molecule has 0 saturated carbocycles. The Labute approximate surface area is 234 Å². The topological polar surface area (TPSA) is 123 Å². The second kappa shape index (κ2) is 13.1. The third kappa shape index (κ3) is 8.18. The van der Waals surface area contributed by atoms with Gasteiger partial charge in [-0.2, -0.15) is 13.2 Å². The summed E-state index contributed by atoms with van der Waals surface area (Å²) in [6, 6.07) is 18.2. The van der Waals surface area contributed by atoms with E-state index in [0.717, 1.165) is 28.8 Å². The summed E-state index contributed by atoms with van der Waals surface area (Å²) in [7, 11) is 0. The van der Waals surface area contributed by atoms with E-state index in [0.29, 0.717) is 16.9 Å². The van der Waals surface area contributed by atoms with Gasteiger partial charge in [0, 0.05) is 29.1 Å². The second-order valence-electron chi connectivity index (χ2n) is 9.27. The molecule has 2 atom stereocenters. The van der Waals surface area contributed by atoms with E-state index in [1.807, 2.05) is 24.3 Å². The number of aliphatic hydroxyl groups is 1. The number of hydrogen-bond acceptors (Lipinski definition) is 6. The number of carbonyl (C=O) groups is 2. The fourth-order valence-electron chi connectivity index (χ4n) is 4.11. The predicted molar refractivity (Wildman–Crippen MR) is 146 cm³/mol. The molecule has 6 N–H and O–H groups in total. The SMILES string of the molecule is O=C(CNCc1cccc(C(F)(F)F)c1)Nc1ccc(C#Cc2ccc(C3=CC[C@@H](O)[C@@H](C(=O)NO)N3)cc2)cc1. The first-order valence-corrected chi connectivity index (χ1v) is 12.6. The Morgan fingerprint density at radius 2 is 1.63 bits per heavy atom. The maximum absolute atomic E-state index is 12.8. The van der Waals surface area contributed by atoms with Crippen molar-refractivity contribution < 1.29 is 33.1 Å². The van der Waals surface area contributed by atoms with E-state index in [2.05, 4.69) is 27.8 Å². The van der Waals surface area contributed by atoms with Crippen LogP contribution in [0.4, 0.5) is 18.9 Å². The van der Waals surface area contributed by atoms with Gasteiger partial charge in [-0.15, -0.1) is 0 Å². The average Bonchev–Trinajstić information content (AvgIpc) is 2.97. The summed E-state index contributed by atoms with van der Waals surface area (Å²) in [6.07, 6.45) is -3.34. The number of amides is 2. The Morgan fingerprint density at radius 1 is 0.976 bits per heavy atom. The molecule has 2 amide bonds. The molecule has 1 aliphatic heterocycles. The van der Waals surface area contributed by atoms with Crippen LogP contribution < -0.4 is 21.4 Å². The van der Waals surface area contributed by atoms with Gasteiger partial charge in [0.25, 0.3) is 5.91 Å². The molecule has 0 spiro atoms. The van der Waals surface area contributed by atoms with Crippen LogP contribution in [0.5, 0.6) is 0 Å². The molecular formula is C30H27F3N4O4. The van der Waals surface area contributed by atoms with Crippen LogP contribution in [0.2, 0.25) is 0 Å². The van der Waals surface area contributed by atoms with E-state index >= 15 is 0 Å². The molecular weight excluding hydrogens is 537 g/mol. The fraction of sp³-hybridized carbons (Fsp3) is 0.200. The molecule has 1 aliphatic rings. The van der Waals surface area contributed by atoms with Crippen LogP contribution in [0.1, 0.15) is 34.2 Å². The third-order valence-corrected chi connectivity index (χ3v) is 6.24. The van der Waals surface area contributed by atoms with Crippen LogP contribution in [0.15, 0.2) is 78.9 Å². The molecule has 4 rings (SSSR count). The van der Waals surface area contributed by atoms with Crippen molar-refractivity contribution in [3.05, 3.63) is 107 Å². The van der Waals surface area contributed by atoms with Gasteiger partial charge in [-0.1, -0.05) is 48.2 Å². The summed E-state index contributed by atoms with van der Waals surface area (Å²) < 4.78 is 38.5. The van der Waals surface area contributed by atoms with Crippen LogP contribution >= 0.6 is 0 Å². The van der Waals surface area contributed by atoms with Gasteiger partial charge < -0.3 is 21.1 Å². The number of nitrogens with one attached hydrogen (secondary N) is 4. The molecule has 1 heterocycles. The highest BCUT2D eigenvalue weighted by molar-refractivity contribution is 5.92. The lowest BCUT2D eigenvalue weighted by Crippen LogP contribution is -2.51. The standard InChI is InChI=1S/C30H27F3N4O4/c31-30(32,33)23-3-1-2-21(16-23)17-34-18-27(39)35-24-12-8-20(9-13-24)5-4-19-6-10-22(11-7-19)25-14-15-26(38)28(36-25)29(40)37-41/h1-3,6-14,16,26,28,34,36,38,41H,15,17-18H2,(H,35,39)(H,37,40)/t26-,28+/m1/s1. The van der Waals surface area contributed by atoms with Gasteiger partial charge >= 0.3 is 6.18 Å². The quantitative estimate of drug-likeness (QED) is 0.149. The number of hydroxylamine groups is 1. The lowest BCUT2D eigenvalue weighted by atomic mass is 9.98. The zero-order chi connectivity index (χ0) is 29.4. The lowest BCUT2D eigenvalue weighted by Gasteiger charge is -2.28. The van der Waals surface area contributed by atoms with Gasteiger partial charge in [0.15, 0.2) is 0 Å². The van der Waals surface area contributed by atoms with Crippen LogP contribution in [0.3, 0.4) is 0 Å². The summed E-state index contributed by atoms with van der Waals surface area (Å²) in [5, 5.41) is 27.3. The van der Waals surface area contributed by atoms with Gasteiger partial charge in [0.05, 0.1) is 18.2 Å². The Bertz CT molecular complexity index is 1480. The second-order valence-corrected chi connectivity index (χ2v) is 9.27. The van der Waals surface area contributed by atoms with Crippen LogP contribution in [0, 0.1) is 11.8 Å². The van der Waals surface area contributed by atoms with Gasteiger partial charge in [-0.05, 0) is 60.0 Å². The van der Waals surface area contributed by atoms with Gasteiger partial charge in [-0.3, -0.25) is 14.8 Å². The normalized spacial score (nSPS) is 16.5. The van der Waals surface area contributed by atoms with Crippen LogP contribution in [0.25, 0.3) is 5.70 Å². The predicted octanol–water partition coefficient (Wildman–Crippen LogP) is 3.40. The number of halogens is 3. The highest BCUT2D eigenvalue weighted by Crippen LogP contribution is 2.29. The molecule has 3 aromatic carbocycles. The van der Waals surface area contributed by atoms with Gasteiger partial charge in [0.2, 0.25) is 5.91 Å². The minimum atomic E-state index is -4.42. The maximum atomic E-state index is 12.8. The van der Waals surface area contributed by atoms with Crippen molar-refractivity contribution in [2.75, 3.05) is 11.9 Å². The van der Waals surface area contributed by atoms with Crippen molar-refractivity contribution >= 4 is 23.2 Å². The Balaban J connectivity index is 1.27. The van der Waals surface area contributed by atoms with Crippen LogP contribution in [-0.4, -0.2) is 40.8 Å². The lowest BCUT2D eigenvalue weighted by molar-refractivity contribution is -0.137. The molecule has 0 aromatic heterocycles. The first-order valence-electron chi connectivity index (χ1n) is 12.6. The number of hydrogen-bond donors (Lipinski definition) is 6. The Morgan fingerprint density at radius 3 is 2.27 bits per heavy atom. The molecule has 0 unspecified atom stereocenters. The minimum absolute atomic E-state index is 0.0733. The number of anilines is 1. The molecule has 0 bridgehead atoms. The van der Waals surface area contributed by atoms with Crippen molar-refractivity contribution in [1.29, 1.82) is 0 Å². The summed E-state index contributed by atoms with van der Waals surface area (Å²) >= 11 is 0. The zero-order valence-electron chi connectivity index (χ0n) is 21.6. The van der Waals surface area contributed by atoms with E-state index in [1.54, 1.807) is 41.9 Å². The van der Waals surface area contributed by atoms with Crippen molar-refractivity contribution in [3.8, 4) is 11.8 Å². The zero-order valence-corrected chi connectivity index (χ0v) is 21.6. The molecule has 0 radical (unpaired) electrons. The smallest absolute Gasteiger partial charge is 0.390 e. The van der Waals surface area contributed by atoms with Crippen molar-refractivity contribution in [2.24, 2.45) is 0 Å². The highest BCUT2D eigenvalue weighted by atomic mass is 19.4. The molecule has 3 aromatic rings. The summed E-state index contributed by atoms with van der Waals surface area (Å²) in [4.78, 5) is 24.0. The number of benzene rings is 3. The number of rotatable bonds is 7. The fourth-order valence-corrected chi connectivity index (χ4v) is 4.11. The molecule has 0 aliphatic carbocycles. The largest absolute Gasteiger partial charge is 0.416 e. The Hall–Kier alpha value is -4.63. The van der Waals surface area contributed by atoms with E-state index in [4.69, 9.17) is 5.21 Å². The maximum Gasteiger partial charge on any atom is 0.416 e. The summed E-state index contributed by atoms with van der Waals surface area (Å²) in [5.74, 6) is 5.04. The van der Waals surface area contributed by atoms with E-state index < -0.39 is 29.8 Å². The monoisotopic (exact) mass is 564 g/mol. The highest BCUT2D eigenvalue weighted by Gasteiger charge is 2.31. The summed E-state index contributed by atoms with van der Waals surface area (Å²) in [5.41, 5.74) is 4.72. The number of carbonyl (C=O) groups excluding carboxylic acids is 2. The van der Waals surface area contributed by atoms with Gasteiger partial charge in [0.1, 0.15) is 6.04 Å². The van der Waals surface area contributed by atoms with E-state index in [1.165, 1.54) is 6.07 Å². The van der Waals surface area contributed by atoms with Crippen molar-refractivity contribution in [3.63, 3.8) is 0 Å².